The molecule has 11 heteroatoms. The number of carbonyl (C=O) groups excluding carboxylic acids is 3. The number of benzene rings is 2. The van der Waals surface area contributed by atoms with Gasteiger partial charge in [-0.3, -0.25) is 19.3 Å². The Kier molecular flexibility index (Phi) is 7.55. The van der Waals surface area contributed by atoms with Gasteiger partial charge in [-0.05, 0) is 68.1 Å². The quantitative estimate of drug-likeness (QED) is 0.295. The molecule has 0 unspecified atom stereocenters. The molecule has 2 aromatic carbocycles. The minimum Gasteiger partial charge on any atom is -0.507 e. The van der Waals surface area contributed by atoms with E-state index >= 15 is 0 Å². The molecule has 2 amide bonds. The third-order valence-corrected chi connectivity index (χ3v) is 5.45. The first-order valence-corrected chi connectivity index (χ1v) is 10.9. The monoisotopic (exact) mass is 493 g/mol. The molecular formula is C21H17Cl2N3O5S. The van der Waals surface area contributed by atoms with Crippen LogP contribution >= 0.6 is 35.0 Å². The summed E-state index contributed by atoms with van der Waals surface area (Å²) in [5.74, 6) is -1.46. The SMILES string of the molecule is CC(C)OC(=O)CN1C(=O)S/C(=C\c2cc(N=Nc3ccc(Cl)cc3Cl)ccc2O)C1=O. The van der Waals surface area contributed by atoms with Crippen molar-refractivity contribution in [3.05, 3.63) is 56.9 Å². The predicted molar refractivity (Wildman–Crippen MR) is 123 cm³/mol. The van der Waals surface area contributed by atoms with Crippen LogP contribution in [0.2, 0.25) is 10.0 Å². The first-order valence-electron chi connectivity index (χ1n) is 9.28. The van der Waals surface area contributed by atoms with Gasteiger partial charge in [0.15, 0.2) is 0 Å². The maximum Gasteiger partial charge on any atom is 0.326 e. The highest BCUT2D eigenvalue weighted by atomic mass is 35.5. The Labute approximate surface area is 197 Å². The molecule has 0 atom stereocenters. The van der Waals surface area contributed by atoms with Crippen LogP contribution in [0.25, 0.3) is 6.08 Å². The number of nitrogens with zero attached hydrogens (tertiary/aromatic N) is 3. The molecule has 3 rings (SSSR count). The minimum absolute atomic E-state index is 0.0532. The average Bonchev–Trinajstić information content (AvgIpc) is 2.96. The summed E-state index contributed by atoms with van der Waals surface area (Å²) in [6.07, 6.45) is 0.983. The number of esters is 1. The first kappa shape index (κ1) is 23.8. The first-order chi connectivity index (χ1) is 15.1. The highest BCUT2D eigenvalue weighted by Crippen LogP contribution is 2.35. The summed E-state index contributed by atoms with van der Waals surface area (Å²) in [5, 5.41) is 18.5. The molecule has 1 saturated heterocycles. The van der Waals surface area contributed by atoms with Crippen molar-refractivity contribution in [1.82, 2.24) is 4.90 Å². The van der Waals surface area contributed by atoms with Gasteiger partial charge in [0.2, 0.25) is 0 Å². The standard InChI is InChI=1S/C21H17Cl2N3O5S/c1-11(2)31-19(28)10-26-20(29)18(32-21(26)30)8-12-7-14(4-6-17(12)27)24-25-16-5-3-13(22)9-15(16)23/h3-9,11,27H,10H2,1-2H3/b18-8-,25-24?. The molecule has 0 aliphatic carbocycles. The second-order valence-corrected chi connectivity index (χ2v) is 8.68. The fourth-order valence-electron chi connectivity index (χ4n) is 2.60. The van der Waals surface area contributed by atoms with E-state index in [2.05, 4.69) is 10.2 Å². The van der Waals surface area contributed by atoms with Gasteiger partial charge in [0.1, 0.15) is 18.0 Å². The van der Waals surface area contributed by atoms with E-state index in [1.165, 1.54) is 30.3 Å². The summed E-state index contributed by atoms with van der Waals surface area (Å²) >= 11 is 12.6. The predicted octanol–water partition coefficient (Wildman–Crippen LogP) is 6.10. The molecule has 0 aromatic heterocycles. The van der Waals surface area contributed by atoms with Gasteiger partial charge in [-0.15, -0.1) is 5.11 Å². The van der Waals surface area contributed by atoms with Crippen molar-refractivity contribution >= 4 is 69.5 Å². The minimum atomic E-state index is -0.685. The molecule has 32 heavy (non-hydrogen) atoms. The Morgan fingerprint density at radius 2 is 1.94 bits per heavy atom. The van der Waals surface area contributed by atoms with E-state index in [0.29, 0.717) is 33.2 Å². The Bertz CT molecular complexity index is 1150. The number of ether oxygens (including phenoxy) is 1. The number of phenols is 1. The van der Waals surface area contributed by atoms with Crippen molar-refractivity contribution in [2.45, 2.75) is 20.0 Å². The molecule has 1 heterocycles. The molecule has 1 fully saturated rings. The number of imide groups is 1. The van der Waals surface area contributed by atoms with Gasteiger partial charge in [-0.2, -0.15) is 5.11 Å². The second kappa shape index (κ2) is 10.2. The molecule has 0 spiro atoms. The van der Waals surface area contributed by atoms with Crippen molar-refractivity contribution in [2.75, 3.05) is 6.54 Å². The molecule has 1 N–H and O–H groups in total. The number of amides is 2. The number of hydrogen-bond donors (Lipinski definition) is 1. The summed E-state index contributed by atoms with van der Waals surface area (Å²) < 4.78 is 4.98. The van der Waals surface area contributed by atoms with Crippen LogP contribution in [0.5, 0.6) is 5.75 Å². The molecule has 8 nitrogen and oxygen atoms in total. The fraction of sp³-hybridized carbons (Fsp3) is 0.190. The summed E-state index contributed by atoms with van der Waals surface area (Å²) in [6.45, 7) is 2.85. The van der Waals surface area contributed by atoms with Crippen LogP contribution in [0.4, 0.5) is 16.2 Å². The van der Waals surface area contributed by atoms with E-state index in [9.17, 15) is 19.5 Å². The molecule has 0 saturated carbocycles. The number of hydrogen-bond acceptors (Lipinski definition) is 8. The number of carbonyl (C=O) groups is 3. The fourth-order valence-corrected chi connectivity index (χ4v) is 3.88. The van der Waals surface area contributed by atoms with E-state index in [0.717, 1.165) is 4.90 Å². The van der Waals surface area contributed by atoms with E-state index in [-0.39, 0.29) is 22.3 Å². The Hall–Kier alpha value is -2.88. The highest BCUT2D eigenvalue weighted by molar-refractivity contribution is 8.18. The van der Waals surface area contributed by atoms with Crippen LogP contribution < -0.4 is 0 Å². The summed E-state index contributed by atoms with van der Waals surface area (Å²) in [6, 6.07) is 9.16. The van der Waals surface area contributed by atoms with Gasteiger partial charge in [0.25, 0.3) is 11.1 Å². The largest absolute Gasteiger partial charge is 0.507 e. The van der Waals surface area contributed by atoms with Crippen molar-refractivity contribution < 1.29 is 24.2 Å². The van der Waals surface area contributed by atoms with Crippen LogP contribution in [0.1, 0.15) is 19.4 Å². The zero-order valence-corrected chi connectivity index (χ0v) is 19.2. The van der Waals surface area contributed by atoms with Crippen LogP contribution in [-0.4, -0.2) is 39.8 Å². The van der Waals surface area contributed by atoms with Crippen molar-refractivity contribution in [3.63, 3.8) is 0 Å². The molecule has 1 aliphatic heterocycles. The van der Waals surface area contributed by atoms with Crippen molar-refractivity contribution in [3.8, 4) is 5.75 Å². The summed E-state index contributed by atoms with van der Waals surface area (Å²) in [7, 11) is 0. The van der Waals surface area contributed by atoms with Crippen LogP contribution in [-0.2, 0) is 14.3 Å². The van der Waals surface area contributed by atoms with E-state index < -0.39 is 23.7 Å². The lowest BCUT2D eigenvalue weighted by atomic mass is 10.1. The molecule has 166 valence electrons. The third kappa shape index (κ3) is 5.87. The van der Waals surface area contributed by atoms with Gasteiger partial charge in [0, 0.05) is 10.6 Å². The third-order valence-electron chi connectivity index (χ3n) is 4.01. The van der Waals surface area contributed by atoms with Gasteiger partial charge < -0.3 is 9.84 Å². The average molecular weight is 494 g/mol. The number of rotatable bonds is 6. The number of phenolic OH excluding ortho intramolecular Hbond substituents is 1. The lowest BCUT2D eigenvalue weighted by Crippen LogP contribution is -2.35. The van der Waals surface area contributed by atoms with E-state index in [4.69, 9.17) is 27.9 Å². The van der Waals surface area contributed by atoms with E-state index in [1.54, 1.807) is 26.0 Å². The lowest BCUT2D eigenvalue weighted by Gasteiger charge is -2.13. The lowest BCUT2D eigenvalue weighted by molar-refractivity contribution is -0.149. The molecular weight excluding hydrogens is 477 g/mol. The van der Waals surface area contributed by atoms with Crippen LogP contribution in [0.15, 0.2) is 51.5 Å². The van der Waals surface area contributed by atoms with Gasteiger partial charge >= 0.3 is 5.97 Å². The van der Waals surface area contributed by atoms with E-state index in [1.807, 2.05) is 0 Å². The number of halogens is 2. The van der Waals surface area contributed by atoms with Crippen molar-refractivity contribution in [1.29, 1.82) is 0 Å². The summed E-state index contributed by atoms with van der Waals surface area (Å²) in [5.41, 5.74) is 1.03. The zero-order chi connectivity index (χ0) is 23.4. The Morgan fingerprint density at radius 1 is 1.19 bits per heavy atom. The maximum atomic E-state index is 12.6. The molecule has 2 aromatic rings. The molecule has 0 radical (unpaired) electrons. The molecule has 0 bridgehead atoms. The van der Waals surface area contributed by atoms with Crippen molar-refractivity contribution in [2.24, 2.45) is 10.2 Å². The maximum absolute atomic E-state index is 12.6. The van der Waals surface area contributed by atoms with Crippen LogP contribution in [0, 0.1) is 0 Å². The smallest absolute Gasteiger partial charge is 0.326 e. The Balaban J connectivity index is 1.81. The number of azo groups is 1. The zero-order valence-electron chi connectivity index (χ0n) is 16.9. The number of thioether (sulfide) groups is 1. The van der Waals surface area contributed by atoms with Gasteiger partial charge in [0.05, 0.1) is 21.7 Å². The van der Waals surface area contributed by atoms with Crippen LogP contribution in [0.3, 0.4) is 0 Å². The molecule has 1 aliphatic rings. The topological polar surface area (TPSA) is 109 Å². The Morgan fingerprint density at radius 3 is 2.62 bits per heavy atom. The summed E-state index contributed by atoms with van der Waals surface area (Å²) in [4.78, 5) is 37.4. The van der Waals surface area contributed by atoms with Gasteiger partial charge in [-0.1, -0.05) is 23.2 Å². The number of aromatic hydroxyl groups is 1. The van der Waals surface area contributed by atoms with Gasteiger partial charge in [-0.25, -0.2) is 0 Å². The highest BCUT2D eigenvalue weighted by Gasteiger charge is 2.37. The normalized spacial score (nSPS) is 15.4. The second-order valence-electron chi connectivity index (χ2n) is 6.85.